The zero-order valence-electron chi connectivity index (χ0n) is 33.0. The van der Waals surface area contributed by atoms with Gasteiger partial charge >= 0.3 is 0 Å². The molecule has 0 amide bonds. The van der Waals surface area contributed by atoms with Crippen LogP contribution in [0.25, 0.3) is 98.4 Å². The predicted molar refractivity (Wildman–Crippen MR) is 200 cm³/mol. The highest BCUT2D eigenvalue weighted by Crippen LogP contribution is 2.48. The first-order chi connectivity index (χ1) is 26.7. The van der Waals surface area contributed by atoms with Crippen LogP contribution >= 0.6 is 0 Å². The van der Waals surface area contributed by atoms with Crippen molar-refractivity contribution in [3.63, 3.8) is 0 Å². The maximum Gasteiger partial charge on any atom is 0.143 e. The lowest BCUT2D eigenvalue weighted by molar-refractivity contribution is 0.673. The van der Waals surface area contributed by atoms with Crippen LogP contribution in [0, 0.1) is 0 Å². The highest BCUT2D eigenvalue weighted by Gasteiger charge is 2.21. The van der Waals surface area contributed by atoms with E-state index in [1.165, 1.54) is 0 Å². The van der Waals surface area contributed by atoms with Gasteiger partial charge in [-0.1, -0.05) is 151 Å². The van der Waals surface area contributed by atoms with Crippen molar-refractivity contribution in [2.45, 2.75) is 0 Å². The van der Waals surface area contributed by atoms with E-state index in [0.29, 0.717) is 38.8 Å². The molecule has 0 N–H and O–H groups in total. The Hall–Kier alpha value is -6.18. The van der Waals surface area contributed by atoms with Crippen LogP contribution in [0.15, 0.2) is 174 Å². The Morgan fingerprint density at radius 2 is 0.979 bits per heavy atom. The van der Waals surface area contributed by atoms with Gasteiger partial charge in [0.05, 0.1) is 11.0 Å². The number of hydrogen-bond acceptors (Lipinski definition) is 1. The number of fused-ring (bicyclic) bond motifs is 8. The van der Waals surface area contributed by atoms with E-state index in [1.54, 1.807) is 6.07 Å². The molecule has 9 aromatic carbocycles. The number of rotatable bonds is 3. The Balaban J connectivity index is 1.42. The molecule has 1 nitrogen and oxygen atoms in total. The molecule has 0 radical (unpaired) electrons. The summed E-state index contributed by atoms with van der Waals surface area (Å²) < 4.78 is 79.9. The molecular weight excluding hydrogens is 569 g/mol. The van der Waals surface area contributed by atoms with Gasteiger partial charge in [0.2, 0.25) is 0 Å². The molecule has 0 aliphatic carbocycles. The maximum atomic E-state index is 9.47. The first-order valence-electron chi connectivity index (χ1n) is 19.5. The molecule has 0 fully saturated rings. The fourth-order valence-electron chi connectivity index (χ4n) is 7.26. The van der Waals surface area contributed by atoms with Crippen molar-refractivity contribution in [3.05, 3.63) is 170 Å². The predicted octanol–water partition coefficient (Wildman–Crippen LogP) is 13.2. The maximum absolute atomic E-state index is 9.47. The topological polar surface area (TPSA) is 13.1 Å². The van der Waals surface area contributed by atoms with Gasteiger partial charge < -0.3 is 4.42 Å². The molecule has 0 saturated heterocycles. The van der Waals surface area contributed by atoms with Gasteiger partial charge in [0.15, 0.2) is 0 Å². The summed E-state index contributed by atoms with van der Waals surface area (Å²) in [6, 6.07) is 36.1. The average Bonchev–Trinajstić information content (AvgIpc) is 3.62. The summed E-state index contributed by atoms with van der Waals surface area (Å²) in [4.78, 5) is 0. The van der Waals surface area contributed by atoms with Crippen LogP contribution in [0.1, 0.15) is 11.0 Å². The fourth-order valence-corrected chi connectivity index (χ4v) is 7.26. The van der Waals surface area contributed by atoms with Crippen molar-refractivity contribution in [3.8, 4) is 33.4 Å². The highest BCUT2D eigenvalue weighted by molar-refractivity contribution is 6.27. The Bertz CT molecular complexity index is 3220. The van der Waals surface area contributed by atoms with Gasteiger partial charge in [-0.2, -0.15) is 0 Å². The average molecular weight is 605 g/mol. The first kappa shape index (κ1) is 19.4. The van der Waals surface area contributed by atoms with Crippen molar-refractivity contribution in [2.24, 2.45) is 0 Å². The van der Waals surface area contributed by atoms with E-state index in [1.807, 2.05) is 115 Å². The van der Waals surface area contributed by atoms with Gasteiger partial charge in [-0.15, -0.1) is 0 Å². The second-order valence-electron chi connectivity index (χ2n) is 11.8. The largest absolute Gasteiger partial charge is 0.455 e. The van der Waals surface area contributed by atoms with Gasteiger partial charge in [0.25, 0.3) is 0 Å². The molecule has 47 heavy (non-hydrogen) atoms. The van der Waals surface area contributed by atoms with Crippen LogP contribution in [0.3, 0.4) is 0 Å². The van der Waals surface area contributed by atoms with Crippen LogP contribution in [-0.2, 0) is 0 Å². The monoisotopic (exact) mass is 604 g/mol. The molecule has 1 aromatic heterocycles. The quantitative estimate of drug-likeness (QED) is 0.183. The van der Waals surface area contributed by atoms with E-state index < -0.39 is 24.2 Å². The summed E-state index contributed by atoms with van der Waals surface area (Å²) >= 11 is 0. The molecule has 0 saturated carbocycles. The van der Waals surface area contributed by atoms with E-state index in [4.69, 9.17) is 9.90 Å². The smallest absolute Gasteiger partial charge is 0.143 e. The summed E-state index contributed by atoms with van der Waals surface area (Å²) in [5.41, 5.74) is 4.69. The SMILES string of the molecule is [2H]c1c([2H])c([2H])c2c(-c3cccc4oc5c6ccccc6ccc5c34)c3c([2H])c([2H])c([2H])c([2H])c3c(-c3cccc(-c4cccc5ccccc45)c3)c2c1[2H]. The van der Waals surface area contributed by atoms with Crippen molar-refractivity contribution in [1.82, 2.24) is 0 Å². The van der Waals surface area contributed by atoms with E-state index in [0.717, 1.165) is 38.1 Å². The minimum Gasteiger partial charge on any atom is -0.455 e. The van der Waals surface area contributed by atoms with Crippen LogP contribution in [0.5, 0.6) is 0 Å². The Morgan fingerprint density at radius 1 is 0.404 bits per heavy atom. The van der Waals surface area contributed by atoms with E-state index >= 15 is 0 Å². The number of benzene rings is 9. The first-order valence-corrected chi connectivity index (χ1v) is 15.5. The van der Waals surface area contributed by atoms with Crippen molar-refractivity contribution in [2.75, 3.05) is 0 Å². The molecular formula is C46H28O. The Labute approximate surface area is 283 Å². The molecule has 0 aliphatic rings. The third-order valence-electron chi connectivity index (χ3n) is 9.28. The second-order valence-corrected chi connectivity index (χ2v) is 11.8. The van der Waals surface area contributed by atoms with Crippen molar-refractivity contribution >= 4 is 65.0 Å². The zero-order valence-corrected chi connectivity index (χ0v) is 25.0. The van der Waals surface area contributed by atoms with Crippen LogP contribution in [0.4, 0.5) is 0 Å². The Kier molecular flexibility index (Phi) is 4.19. The minimum absolute atomic E-state index is 0.164. The molecule has 218 valence electrons. The summed E-state index contributed by atoms with van der Waals surface area (Å²) in [6.07, 6.45) is 0. The molecule has 1 heterocycles. The molecule has 10 rings (SSSR count). The number of furan rings is 1. The molecule has 0 unspecified atom stereocenters. The van der Waals surface area contributed by atoms with E-state index in [9.17, 15) is 5.48 Å². The summed E-state index contributed by atoms with van der Waals surface area (Å²) in [6.45, 7) is 0. The minimum atomic E-state index is -0.440. The van der Waals surface area contributed by atoms with Crippen LogP contribution < -0.4 is 0 Å². The molecule has 0 bridgehead atoms. The van der Waals surface area contributed by atoms with Crippen molar-refractivity contribution < 1.29 is 15.4 Å². The number of hydrogen-bond donors (Lipinski definition) is 0. The van der Waals surface area contributed by atoms with Crippen LogP contribution in [-0.4, -0.2) is 0 Å². The summed E-state index contributed by atoms with van der Waals surface area (Å²) in [5, 5.41) is 6.11. The zero-order chi connectivity index (χ0) is 37.9. The van der Waals surface area contributed by atoms with Gasteiger partial charge in [0, 0.05) is 16.2 Å². The standard InChI is InChI=1S/C46H28O/c1-3-17-33-29(12-1)14-10-23-34(33)31-15-9-16-32(28-31)43-36-19-5-7-21-38(36)44(39-22-8-6-20-37(39)43)40-24-11-25-42-45(40)41-27-26-30-13-2-4-18-35(30)46(41)47-42/h1-28H/i5D,6D,7D,8D,19D,20D,21D,22D. The third kappa shape index (κ3) is 3.90. The lowest BCUT2D eigenvalue weighted by atomic mass is 9.84. The van der Waals surface area contributed by atoms with Gasteiger partial charge in [0.1, 0.15) is 11.2 Å². The highest BCUT2D eigenvalue weighted by atomic mass is 16.3. The molecule has 1 heteroatoms. The van der Waals surface area contributed by atoms with Crippen LogP contribution in [0.2, 0.25) is 0 Å². The fraction of sp³-hybridized carbons (Fsp3) is 0. The summed E-state index contributed by atoms with van der Waals surface area (Å²) in [7, 11) is 0. The molecule has 0 atom stereocenters. The lowest BCUT2D eigenvalue weighted by Crippen LogP contribution is -1.91. The van der Waals surface area contributed by atoms with E-state index in [2.05, 4.69) is 0 Å². The van der Waals surface area contributed by atoms with Crippen molar-refractivity contribution in [1.29, 1.82) is 0 Å². The third-order valence-corrected chi connectivity index (χ3v) is 9.28. The second kappa shape index (κ2) is 10.2. The molecule has 0 spiro atoms. The van der Waals surface area contributed by atoms with Gasteiger partial charge in [-0.25, -0.2) is 0 Å². The van der Waals surface area contributed by atoms with Gasteiger partial charge in [-0.3, -0.25) is 0 Å². The normalized spacial score (nSPS) is 14.2. The molecule has 0 aliphatic heterocycles. The Morgan fingerprint density at radius 3 is 1.74 bits per heavy atom. The lowest BCUT2D eigenvalue weighted by Gasteiger charge is -2.19. The van der Waals surface area contributed by atoms with Gasteiger partial charge in [-0.05, 0) is 89.3 Å². The summed E-state index contributed by atoms with van der Waals surface area (Å²) in [5.74, 6) is 0. The molecule has 10 aromatic rings. The van der Waals surface area contributed by atoms with E-state index in [-0.39, 0.29) is 45.7 Å².